The second-order valence-electron chi connectivity index (χ2n) is 5.78. The van der Waals surface area contributed by atoms with Crippen molar-refractivity contribution < 1.29 is 9.53 Å². The second kappa shape index (κ2) is 5.57. The highest BCUT2D eigenvalue weighted by atomic mass is 16.5. The molecule has 2 atom stereocenters. The number of ether oxygens (including phenoxy) is 1. The van der Waals surface area contributed by atoms with Gasteiger partial charge in [0.2, 0.25) is 0 Å². The van der Waals surface area contributed by atoms with E-state index in [1.807, 2.05) is 4.90 Å². The number of amides is 1. The lowest BCUT2D eigenvalue weighted by Gasteiger charge is -2.27. The molecule has 0 aliphatic carbocycles. The summed E-state index contributed by atoms with van der Waals surface area (Å²) in [7, 11) is 0. The first-order valence-electron chi connectivity index (χ1n) is 7.28. The summed E-state index contributed by atoms with van der Waals surface area (Å²) in [6.07, 6.45) is 5.06. The molecule has 2 saturated heterocycles. The van der Waals surface area contributed by atoms with E-state index in [0.717, 1.165) is 45.2 Å². The fourth-order valence-corrected chi connectivity index (χ4v) is 3.21. The Labute approximate surface area is 110 Å². The third-order valence-electron chi connectivity index (χ3n) is 4.90. The highest BCUT2D eigenvalue weighted by Crippen LogP contribution is 2.37. The molecular weight excluding hydrogens is 228 g/mol. The average molecular weight is 254 g/mol. The normalized spacial score (nSPS) is 30.9. The van der Waals surface area contributed by atoms with Gasteiger partial charge in [0.15, 0.2) is 0 Å². The molecule has 2 N–H and O–H groups in total. The Morgan fingerprint density at radius 3 is 2.61 bits per heavy atom. The molecule has 0 aromatic rings. The van der Waals surface area contributed by atoms with E-state index in [1.165, 1.54) is 0 Å². The van der Waals surface area contributed by atoms with Crippen molar-refractivity contribution in [3.63, 3.8) is 0 Å². The van der Waals surface area contributed by atoms with Gasteiger partial charge in [0.1, 0.15) is 6.10 Å². The van der Waals surface area contributed by atoms with E-state index < -0.39 is 0 Å². The lowest BCUT2D eigenvalue weighted by Crippen LogP contribution is -2.39. The predicted molar refractivity (Wildman–Crippen MR) is 71.2 cm³/mol. The number of rotatable bonds is 4. The average Bonchev–Trinajstić information content (AvgIpc) is 3.05. The Kier molecular flexibility index (Phi) is 4.28. The maximum absolute atomic E-state index is 12.4. The summed E-state index contributed by atoms with van der Waals surface area (Å²) in [5.74, 6) is 0.190. The van der Waals surface area contributed by atoms with Gasteiger partial charge in [-0.15, -0.1) is 0 Å². The minimum atomic E-state index is -0.233. The topological polar surface area (TPSA) is 55.6 Å². The maximum atomic E-state index is 12.4. The molecule has 2 aliphatic heterocycles. The largest absolute Gasteiger partial charge is 0.364 e. The molecule has 104 valence electrons. The Balaban J connectivity index is 1.92. The second-order valence-corrected chi connectivity index (χ2v) is 5.78. The van der Waals surface area contributed by atoms with Crippen LogP contribution in [0, 0.1) is 5.41 Å². The molecule has 0 aromatic carbocycles. The zero-order valence-corrected chi connectivity index (χ0v) is 11.7. The van der Waals surface area contributed by atoms with Gasteiger partial charge in [-0.2, -0.15) is 0 Å². The molecule has 0 spiro atoms. The van der Waals surface area contributed by atoms with Gasteiger partial charge in [0.05, 0.1) is 6.10 Å². The minimum Gasteiger partial charge on any atom is -0.364 e. The predicted octanol–water partition coefficient (Wildman–Crippen LogP) is 1.53. The summed E-state index contributed by atoms with van der Waals surface area (Å²) in [5, 5.41) is 0. The van der Waals surface area contributed by atoms with Gasteiger partial charge in [-0.05, 0) is 37.5 Å². The number of carbonyl (C=O) groups excluding carboxylic acids is 1. The molecule has 2 unspecified atom stereocenters. The van der Waals surface area contributed by atoms with Gasteiger partial charge in [0.25, 0.3) is 5.91 Å². The maximum Gasteiger partial charge on any atom is 0.251 e. The van der Waals surface area contributed by atoms with Crippen LogP contribution < -0.4 is 5.73 Å². The van der Waals surface area contributed by atoms with Crippen molar-refractivity contribution in [2.45, 2.75) is 58.2 Å². The summed E-state index contributed by atoms with van der Waals surface area (Å²) in [6, 6.07) is 0. The molecule has 2 rings (SSSR count). The summed E-state index contributed by atoms with van der Waals surface area (Å²) >= 11 is 0. The summed E-state index contributed by atoms with van der Waals surface area (Å²) < 4.78 is 5.70. The molecule has 2 aliphatic rings. The summed E-state index contributed by atoms with van der Waals surface area (Å²) in [5.41, 5.74) is 5.93. The van der Waals surface area contributed by atoms with E-state index in [-0.39, 0.29) is 18.1 Å². The number of carbonyl (C=O) groups is 1. The van der Waals surface area contributed by atoms with E-state index in [1.54, 1.807) is 0 Å². The lowest BCUT2D eigenvalue weighted by molar-refractivity contribution is -0.142. The zero-order chi connectivity index (χ0) is 13.2. The third-order valence-corrected chi connectivity index (χ3v) is 4.90. The molecule has 0 bridgehead atoms. The van der Waals surface area contributed by atoms with Crippen molar-refractivity contribution in [3.8, 4) is 0 Å². The number of nitrogens with zero attached hydrogens (tertiary/aromatic N) is 1. The Bertz CT molecular complexity index is 302. The van der Waals surface area contributed by atoms with Crippen LogP contribution in [0.4, 0.5) is 0 Å². The number of likely N-dealkylation sites (tertiary alicyclic amines) is 1. The van der Waals surface area contributed by atoms with Gasteiger partial charge in [-0.25, -0.2) is 0 Å². The molecule has 2 heterocycles. The van der Waals surface area contributed by atoms with Crippen molar-refractivity contribution in [1.82, 2.24) is 4.90 Å². The monoisotopic (exact) mass is 254 g/mol. The number of hydrogen-bond donors (Lipinski definition) is 1. The first-order valence-corrected chi connectivity index (χ1v) is 7.28. The smallest absolute Gasteiger partial charge is 0.251 e. The molecule has 1 amide bonds. The third kappa shape index (κ3) is 2.54. The SMILES string of the molecule is CCC1(CC)CCN(C(=O)C2CCC(CN)O2)C1. The van der Waals surface area contributed by atoms with E-state index in [4.69, 9.17) is 10.5 Å². The van der Waals surface area contributed by atoms with Gasteiger partial charge in [-0.1, -0.05) is 13.8 Å². The van der Waals surface area contributed by atoms with E-state index >= 15 is 0 Å². The lowest BCUT2D eigenvalue weighted by atomic mass is 9.82. The number of nitrogens with two attached hydrogens (primary N) is 1. The van der Waals surface area contributed by atoms with Gasteiger partial charge >= 0.3 is 0 Å². The molecule has 4 heteroatoms. The molecule has 2 fully saturated rings. The van der Waals surface area contributed by atoms with E-state index in [9.17, 15) is 4.79 Å². The van der Waals surface area contributed by atoms with Gasteiger partial charge in [-0.3, -0.25) is 4.79 Å². The van der Waals surface area contributed by atoms with Crippen LogP contribution in [0.1, 0.15) is 46.0 Å². The highest BCUT2D eigenvalue weighted by molar-refractivity contribution is 5.81. The van der Waals surface area contributed by atoms with Crippen molar-refractivity contribution in [2.75, 3.05) is 19.6 Å². The summed E-state index contributed by atoms with van der Waals surface area (Å²) in [6.45, 7) is 6.79. The Morgan fingerprint density at radius 2 is 2.11 bits per heavy atom. The fourth-order valence-electron chi connectivity index (χ4n) is 3.21. The van der Waals surface area contributed by atoms with Crippen LogP contribution in [0.3, 0.4) is 0 Å². The quantitative estimate of drug-likeness (QED) is 0.828. The molecular formula is C14H26N2O2. The zero-order valence-electron chi connectivity index (χ0n) is 11.7. The van der Waals surface area contributed by atoms with Crippen molar-refractivity contribution in [2.24, 2.45) is 11.1 Å². The van der Waals surface area contributed by atoms with Crippen molar-refractivity contribution >= 4 is 5.91 Å². The minimum absolute atomic E-state index is 0.0867. The van der Waals surface area contributed by atoms with E-state index in [0.29, 0.717) is 12.0 Å². The van der Waals surface area contributed by atoms with Crippen molar-refractivity contribution in [1.29, 1.82) is 0 Å². The van der Waals surface area contributed by atoms with Crippen LogP contribution in [0.15, 0.2) is 0 Å². The molecule has 0 saturated carbocycles. The Morgan fingerprint density at radius 1 is 1.39 bits per heavy atom. The van der Waals surface area contributed by atoms with Crippen molar-refractivity contribution in [3.05, 3.63) is 0 Å². The van der Waals surface area contributed by atoms with Crippen LogP contribution >= 0.6 is 0 Å². The van der Waals surface area contributed by atoms with Crippen LogP contribution in [-0.4, -0.2) is 42.6 Å². The van der Waals surface area contributed by atoms with Crippen LogP contribution in [-0.2, 0) is 9.53 Å². The Hall–Kier alpha value is -0.610. The molecule has 0 radical (unpaired) electrons. The first-order chi connectivity index (χ1) is 8.64. The number of hydrogen-bond acceptors (Lipinski definition) is 3. The van der Waals surface area contributed by atoms with Crippen LogP contribution in [0.5, 0.6) is 0 Å². The standard InChI is InChI=1S/C14H26N2O2/c1-3-14(4-2)7-8-16(10-14)13(17)12-6-5-11(9-15)18-12/h11-12H,3-10,15H2,1-2H3. The van der Waals surface area contributed by atoms with Crippen LogP contribution in [0.2, 0.25) is 0 Å². The van der Waals surface area contributed by atoms with Gasteiger partial charge in [0, 0.05) is 19.6 Å². The van der Waals surface area contributed by atoms with E-state index in [2.05, 4.69) is 13.8 Å². The summed E-state index contributed by atoms with van der Waals surface area (Å²) in [4.78, 5) is 14.4. The van der Waals surface area contributed by atoms with Crippen LogP contribution in [0.25, 0.3) is 0 Å². The molecule has 4 nitrogen and oxygen atoms in total. The fraction of sp³-hybridized carbons (Fsp3) is 0.929. The first kappa shape index (κ1) is 13.8. The van der Waals surface area contributed by atoms with Gasteiger partial charge < -0.3 is 15.4 Å². The molecule has 0 aromatic heterocycles. The highest BCUT2D eigenvalue weighted by Gasteiger charge is 2.40. The molecule has 18 heavy (non-hydrogen) atoms.